The van der Waals surface area contributed by atoms with Crippen LogP contribution in [-0.2, 0) is 14.8 Å². The molecule has 0 aromatic heterocycles. The van der Waals surface area contributed by atoms with Crippen LogP contribution in [-0.4, -0.2) is 49.2 Å². The standard InChI is InChI=1S/C13H15ClN2O3S/c14-10-1-4-12(5-2-10)20(18,19)15-7-8-16-11(9-15)3-6-13(16)17/h1-2,4-5,11H,3,6-9H2/t11-/m1/s1. The minimum atomic E-state index is -3.50. The Bertz CT molecular complexity index is 630. The first-order valence-corrected chi connectivity index (χ1v) is 8.35. The van der Waals surface area contributed by atoms with Gasteiger partial charge in [-0.1, -0.05) is 11.6 Å². The van der Waals surface area contributed by atoms with Crippen LogP contribution in [0, 0.1) is 0 Å². The van der Waals surface area contributed by atoms with Gasteiger partial charge in [-0.05, 0) is 30.7 Å². The molecule has 0 radical (unpaired) electrons. The zero-order valence-electron chi connectivity index (χ0n) is 10.8. The number of amides is 1. The summed E-state index contributed by atoms with van der Waals surface area (Å²) in [5.74, 6) is 0.138. The van der Waals surface area contributed by atoms with Gasteiger partial charge in [-0.2, -0.15) is 4.31 Å². The third kappa shape index (κ3) is 2.32. The monoisotopic (exact) mass is 314 g/mol. The van der Waals surface area contributed by atoms with Crippen LogP contribution in [0.4, 0.5) is 0 Å². The smallest absolute Gasteiger partial charge is 0.243 e. The van der Waals surface area contributed by atoms with Crippen LogP contribution in [0.3, 0.4) is 0 Å². The molecular weight excluding hydrogens is 300 g/mol. The van der Waals surface area contributed by atoms with E-state index < -0.39 is 10.0 Å². The zero-order valence-corrected chi connectivity index (χ0v) is 12.4. The molecule has 3 rings (SSSR count). The summed E-state index contributed by atoms with van der Waals surface area (Å²) in [6, 6.07) is 6.21. The van der Waals surface area contributed by atoms with E-state index in [-0.39, 0.29) is 16.8 Å². The lowest BCUT2D eigenvalue weighted by Gasteiger charge is -2.36. The van der Waals surface area contributed by atoms with E-state index in [2.05, 4.69) is 0 Å². The van der Waals surface area contributed by atoms with Gasteiger partial charge in [-0.15, -0.1) is 0 Å². The average Bonchev–Trinajstić information content (AvgIpc) is 2.80. The highest BCUT2D eigenvalue weighted by molar-refractivity contribution is 7.89. The topological polar surface area (TPSA) is 57.7 Å². The van der Waals surface area contributed by atoms with Crippen LogP contribution in [0.1, 0.15) is 12.8 Å². The van der Waals surface area contributed by atoms with Gasteiger partial charge in [-0.25, -0.2) is 8.42 Å². The van der Waals surface area contributed by atoms with E-state index in [0.717, 1.165) is 6.42 Å². The second-order valence-corrected chi connectivity index (χ2v) is 7.47. The molecule has 0 aliphatic carbocycles. The Labute approximate surface area is 123 Å². The van der Waals surface area contributed by atoms with Crippen molar-refractivity contribution >= 4 is 27.5 Å². The summed E-state index contributed by atoms with van der Waals surface area (Å²) in [5, 5.41) is 0.509. The number of carbonyl (C=O) groups is 1. The Morgan fingerprint density at radius 2 is 1.85 bits per heavy atom. The van der Waals surface area contributed by atoms with Gasteiger partial charge in [0.05, 0.1) is 4.90 Å². The molecule has 1 aromatic rings. The van der Waals surface area contributed by atoms with Gasteiger partial charge in [0.2, 0.25) is 15.9 Å². The maximum absolute atomic E-state index is 12.5. The van der Waals surface area contributed by atoms with E-state index in [0.29, 0.717) is 31.1 Å². The Morgan fingerprint density at radius 3 is 2.55 bits per heavy atom. The molecule has 5 nitrogen and oxygen atoms in total. The third-order valence-corrected chi connectivity index (χ3v) is 6.04. The van der Waals surface area contributed by atoms with Gasteiger partial charge in [0.15, 0.2) is 0 Å². The van der Waals surface area contributed by atoms with Crippen molar-refractivity contribution < 1.29 is 13.2 Å². The summed E-state index contributed by atoms with van der Waals surface area (Å²) in [7, 11) is -3.50. The van der Waals surface area contributed by atoms with Gasteiger partial charge in [0, 0.05) is 37.1 Å². The minimum absolute atomic E-state index is 0.0262. The quantitative estimate of drug-likeness (QED) is 0.827. The van der Waals surface area contributed by atoms with Crippen LogP contribution < -0.4 is 0 Å². The van der Waals surface area contributed by atoms with E-state index in [9.17, 15) is 13.2 Å². The SMILES string of the molecule is O=C1CC[C@@H]2CN(S(=O)(=O)c3ccc(Cl)cc3)CCN12. The summed E-state index contributed by atoms with van der Waals surface area (Å²) in [5.41, 5.74) is 0. The molecule has 0 unspecified atom stereocenters. The number of piperazine rings is 1. The molecule has 2 saturated heterocycles. The molecule has 2 heterocycles. The lowest BCUT2D eigenvalue weighted by molar-refractivity contribution is -0.130. The number of nitrogens with zero attached hydrogens (tertiary/aromatic N) is 2. The summed E-state index contributed by atoms with van der Waals surface area (Å²) in [4.78, 5) is 13.7. The predicted octanol–water partition coefficient (Wildman–Crippen LogP) is 1.34. The van der Waals surface area contributed by atoms with Gasteiger partial charge in [0.1, 0.15) is 0 Å². The molecule has 7 heteroatoms. The fraction of sp³-hybridized carbons (Fsp3) is 0.462. The maximum Gasteiger partial charge on any atom is 0.243 e. The van der Waals surface area contributed by atoms with Crippen LogP contribution in [0.15, 0.2) is 29.2 Å². The van der Waals surface area contributed by atoms with Crippen molar-refractivity contribution in [2.24, 2.45) is 0 Å². The lowest BCUT2D eigenvalue weighted by Crippen LogP contribution is -2.53. The molecule has 2 aliphatic heterocycles. The Kier molecular flexibility index (Phi) is 3.48. The van der Waals surface area contributed by atoms with E-state index in [1.807, 2.05) is 0 Å². The van der Waals surface area contributed by atoms with Crippen LogP contribution in [0.5, 0.6) is 0 Å². The molecule has 2 aliphatic rings. The molecule has 0 spiro atoms. The van der Waals surface area contributed by atoms with E-state index in [4.69, 9.17) is 11.6 Å². The molecule has 1 amide bonds. The predicted molar refractivity (Wildman–Crippen MR) is 74.9 cm³/mol. The normalized spacial score (nSPS) is 23.9. The molecule has 0 N–H and O–H groups in total. The summed E-state index contributed by atoms with van der Waals surface area (Å²) >= 11 is 5.78. The number of benzene rings is 1. The first-order valence-electron chi connectivity index (χ1n) is 6.54. The Morgan fingerprint density at radius 1 is 1.15 bits per heavy atom. The molecule has 20 heavy (non-hydrogen) atoms. The number of halogens is 1. The van der Waals surface area contributed by atoms with Crippen LogP contribution in [0.2, 0.25) is 5.02 Å². The zero-order chi connectivity index (χ0) is 14.3. The largest absolute Gasteiger partial charge is 0.337 e. The fourth-order valence-electron chi connectivity index (χ4n) is 2.81. The van der Waals surface area contributed by atoms with Crippen molar-refractivity contribution in [3.05, 3.63) is 29.3 Å². The van der Waals surface area contributed by atoms with Crippen molar-refractivity contribution in [2.75, 3.05) is 19.6 Å². The number of fused-ring (bicyclic) bond motifs is 1. The highest BCUT2D eigenvalue weighted by atomic mass is 35.5. The second-order valence-electron chi connectivity index (χ2n) is 5.10. The van der Waals surface area contributed by atoms with Crippen molar-refractivity contribution in [3.63, 3.8) is 0 Å². The average molecular weight is 315 g/mol. The Hall–Kier alpha value is -1.11. The van der Waals surface area contributed by atoms with Crippen molar-refractivity contribution in [3.8, 4) is 0 Å². The van der Waals surface area contributed by atoms with Gasteiger partial charge >= 0.3 is 0 Å². The minimum Gasteiger partial charge on any atom is -0.337 e. The van der Waals surface area contributed by atoms with Crippen molar-refractivity contribution in [1.82, 2.24) is 9.21 Å². The molecule has 0 saturated carbocycles. The first kappa shape index (κ1) is 13.9. The van der Waals surface area contributed by atoms with E-state index in [1.54, 1.807) is 17.0 Å². The molecule has 1 atom stereocenters. The number of hydrogen-bond acceptors (Lipinski definition) is 3. The summed E-state index contributed by atoms with van der Waals surface area (Å²) in [6.45, 7) is 1.22. The molecule has 108 valence electrons. The summed E-state index contributed by atoms with van der Waals surface area (Å²) < 4.78 is 26.6. The second kappa shape index (κ2) is 5.02. The molecular formula is C13H15ClN2O3S. The third-order valence-electron chi connectivity index (χ3n) is 3.91. The van der Waals surface area contributed by atoms with Crippen molar-refractivity contribution in [1.29, 1.82) is 0 Å². The van der Waals surface area contributed by atoms with Gasteiger partial charge < -0.3 is 4.90 Å². The fourth-order valence-corrected chi connectivity index (χ4v) is 4.40. The number of sulfonamides is 1. The van der Waals surface area contributed by atoms with E-state index in [1.165, 1.54) is 16.4 Å². The van der Waals surface area contributed by atoms with Crippen molar-refractivity contribution in [2.45, 2.75) is 23.8 Å². The Balaban J connectivity index is 1.82. The molecule has 1 aromatic carbocycles. The molecule has 0 bridgehead atoms. The summed E-state index contributed by atoms with van der Waals surface area (Å²) in [6.07, 6.45) is 1.27. The van der Waals surface area contributed by atoms with Gasteiger partial charge in [-0.3, -0.25) is 4.79 Å². The highest BCUT2D eigenvalue weighted by Crippen LogP contribution is 2.27. The molecule has 2 fully saturated rings. The van der Waals surface area contributed by atoms with Crippen LogP contribution >= 0.6 is 11.6 Å². The number of carbonyl (C=O) groups excluding carboxylic acids is 1. The lowest BCUT2D eigenvalue weighted by atomic mass is 10.2. The first-order chi connectivity index (χ1) is 9.48. The van der Waals surface area contributed by atoms with E-state index >= 15 is 0 Å². The highest BCUT2D eigenvalue weighted by Gasteiger charge is 2.39. The van der Waals surface area contributed by atoms with Gasteiger partial charge in [0.25, 0.3) is 0 Å². The maximum atomic E-state index is 12.5. The number of hydrogen-bond donors (Lipinski definition) is 0. The van der Waals surface area contributed by atoms with Crippen LogP contribution in [0.25, 0.3) is 0 Å². The number of rotatable bonds is 2.